The summed E-state index contributed by atoms with van der Waals surface area (Å²) in [6, 6.07) is 10.8. The minimum atomic E-state index is -4.37. The minimum absolute atomic E-state index is 0.00360. The fourth-order valence-electron chi connectivity index (χ4n) is 4.43. The van der Waals surface area contributed by atoms with Crippen LogP contribution < -0.4 is 9.64 Å². The Kier molecular flexibility index (Phi) is 8.31. The summed E-state index contributed by atoms with van der Waals surface area (Å²) in [4.78, 5) is 22.0. The van der Waals surface area contributed by atoms with E-state index in [4.69, 9.17) is 9.84 Å². The van der Waals surface area contributed by atoms with E-state index in [2.05, 4.69) is 9.97 Å². The zero-order valence-corrected chi connectivity index (χ0v) is 20.7. The average molecular weight is 514 g/mol. The fraction of sp³-hybridized carbons (Fsp3) is 0.393. The number of carboxylic acids is 1. The number of ether oxygens (including phenoxy) is 1. The summed E-state index contributed by atoms with van der Waals surface area (Å²) in [6.07, 6.45) is 3.23. The van der Waals surface area contributed by atoms with Crippen molar-refractivity contribution in [3.05, 3.63) is 82.7 Å². The lowest BCUT2D eigenvalue weighted by Crippen LogP contribution is -2.28. The second kappa shape index (κ2) is 11.6. The maximum Gasteiger partial charge on any atom is 0.416 e. The second-order valence-corrected chi connectivity index (χ2v) is 9.29. The van der Waals surface area contributed by atoms with Gasteiger partial charge in [0.15, 0.2) is 0 Å². The first kappa shape index (κ1) is 26.4. The first-order valence-electron chi connectivity index (χ1n) is 12.4. The quantitative estimate of drug-likeness (QED) is 0.366. The van der Waals surface area contributed by atoms with E-state index < -0.39 is 17.7 Å². The van der Waals surface area contributed by atoms with Gasteiger partial charge < -0.3 is 14.7 Å². The molecule has 0 saturated heterocycles. The van der Waals surface area contributed by atoms with Crippen molar-refractivity contribution in [2.45, 2.75) is 64.3 Å². The molecule has 37 heavy (non-hydrogen) atoms. The molecule has 9 heteroatoms. The van der Waals surface area contributed by atoms with Gasteiger partial charge >= 0.3 is 12.1 Å². The molecule has 2 heterocycles. The summed E-state index contributed by atoms with van der Waals surface area (Å²) in [6.45, 7) is 3.01. The van der Waals surface area contributed by atoms with E-state index in [1.807, 2.05) is 30.0 Å². The Morgan fingerprint density at radius 2 is 1.78 bits per heavy atom. The van der Waals surface area contributed by atoms with Gasteiger partial charge in [-0.05, 0) is 72.6 Å². The van der Waals surface area contributed by atoms with Gasteiger partial charge in [-0.3, -0.25) is 4.79 Å². The molecule has 196 valence electrons. The number of anilines is 1. The highest BCUT2D eigenvalue weighted by molar-refractivity contribution is 5.70. The molecule has 0 saturated carbocycles. The largest absolute Gasteiger partial charge is 0.490 e. The van der Waals surface area contributed by atoms with Crippen LogP contribution in [0.25, 0.3) is 0 Å². The Morgan fingerprint density at radius 1 is 1.08 bits per heavy atom. The van der Waals surface area contributed by atoms with Crippen LogP contribution in [0.2, 0.25) is 0 Å². The summed E-state index contributed by atoms with van der Waals surface area (Å²) < 4.78 is 45.1. The van der Waals surface area contributed by atoms with Gasteiger partial charge in [0.2, 0.25) is 5.95 Å². The number of fused-ring (bicyclic) bond motifs is 1. The number of aryl methyl sites for hydroxylation is 2. The van der Waals surface area contributed by atoms with Crippen LogP contribution >= 0.6 is 0 Å². The molecule has 2 aromatic carbocycles. The number of carboxylic acid groups (broad SMARTS) is 1. The first-order valence-corrected chi connectivity index (χ1v) is 12.4. The molecule has 0 fully saturated rings. The van der Waals surface area contributed by atoms with Crippen LogP contribution in [0.15, 0.2) is 54.9 Å². The molecule has 1 N–H and O–H groups in total. The molecule has 0 amide bonds. The fourth-order valence-corrected chi connectivity index (χ4v) is 4.43. The summed E-state index contributed by atoms with van der Waals surface area (Å²) in [5.41, 5.74) is 2.87. The maximum atomic E-state index is 13.0. The standard InChI is InChI=1S/C28H30F3N3O3/c1-2-19-16-32-27(33-17-19)34(18-20-6-10-23(11-7-20)28(29,30)31)13-3-4-24-12-9-22-8-5-21(15-26(35)36)14-25(22)37-24/h5-8,10-11,14,16-17,24H,2-4,9,12-13,15,18H2,1H3,(H,35,36). The Balaban J connectivity index is 1.41. The van der Waals surface area contributed by atoms with Gasteiger partial charge in [-0.2, -0.15) is 13.2 Å². The van der Waals surface area contributed by atoms with E-state index >= 15 is 0 Å². The van der Waals surface area contributed by atoms with Gasteiger partial charge in [0.05, 0.1) is 18.1 Å². The Labute approximate surface area is 214 Å². The van der Waals surface area contributed by atoms with Crippen LogP contribution in [0.3, 0.4) is 0 Å². The smallest absolute Gasteiger partial charge is 0.416 e. The average Bonchev–Trinajstić information content (AvgIpc) is 2.87. The van der Waals surface area contributed by atoms with Gasteiger partial charge in [-0.15, -0.1) is 0 Å². The van der Waals surface area contributed by atoms with E-state index in [9.17, 15) is 18.0 Å². The first-order chi connectivity index (χ1) is 17.7. The molecule has 4 rings (SSSR count). The second-order valence-electron chi connectivity index (χ2n) is 9.29. The number of halogens is 3. The summed E-state index contributed by atoms with van der Waals surface area (Å²) in [5, 5.41) is 9.06. The van der Waals surface area contributed by atoms with Crippen molar-refractivity contribution in [1.29, 1.82) is 0 Å². The van der Waals surface area contributed by atoms with Crippen molar-refractivity contribution < 1.29 is 27.8 Å². The third-order valence-corrected chi connectivity index (χ3v) is 6.51. The normalized spacial score (nSPS) is 15.1. The number of hydrogen-bond acceptors (Lipinski definition) is 5. The van der Waals surface area contributed by atoms with E-state index in [0.717, 1.165) is 66.7 Å². The number of alkyl halides is 3. The summed E-state index contributed by atoms with van der Waals surface area (Å²) in [7, 11) is 0. The van der Waals surface area contributed by atoms with Crippen molar-refractivity contribution in [2.75, 3.05) is 11.4 Å². The van der Waals surface area contributed by atoms with Crippen LogP contribution in [0.5, 0.6) is 5.75 Å². The molecule has 0 radical (unpaired) electrons. The van der Waals surface area contributed by atoms with Crippen molar-refractivity contribution in [1.82, 2.24) is 9.97 Å². The van der Waals surface area contributed by atoms with E-state index in [1.54, 1.807) is 12.4 Å². The lowest BCUT2D eigenvalue weighted by atomic mass is 9.97. The molecule has 0 spiro atoms. The van der Waals surface area contributed by atoms with Crippen molar-refractivity contribution in [2.24, 2.45) is 0 Å². The maximum absolute atomic E-state index is 13.0. The van der Waals surface area contributed by atoms with Crippen molar-refractivity contribution in [3.63, 3.8) is 0 Å². The van der Waals surface area contributed by atoms with Gasteiger partial charge in [0.25, 0.3) is 0 Å². The van der Waals surface area contributed by atoms with Gasteiger partial charge in [0.1, 0.15) is 5.75 Å². The number of nitrogens with zero attached hydrogens (tertiary/aromatic N) is 3. The monoisotopic (exact) mass is 513 g/mol. The highest BCUT2D eigenvalue weighted by Crippen LogP contribution is 2.31. The molecule has 1 aliphatic rings. The summed E-state index contributed by atoms with van der Waals surface area (Å²) in [5.74, 6) is 0.398. The zero-order chi connectivity index (χ0) is 26.4. The Bertz CT molecular complexity index is 1200. The van der Waals surface area contributed by atoms with Gasteiger partial charge in [0, 0.05) is 25.5 Å². The van der Waals surface area contributed by atoms with Gasteiger partial charge in [-0.25, -0.2) is 9.97 Å². The number of aromatic nitrogens is 2. The lowest BCUT2D eigenvalue weighted by molar-refractivity contribution is -0.138. The Morgan fingerprint density at radius 3 is 2.43 bits per heavy atom. The molecule has 3 aromatic rings. The van der Waals surface area contributed by atoms with Crippen LogP contribution in [0.4, 0.5) is 19.1 Å². The number of aliphatic carboxylic acids is 1. The molecule has 1 aliphatic heterocycles. The van der Waals surface area contributed by atoms with Crippen molar-refractivity contribution in [3.8, 4) is 5.75 Å². The van der Waals surface area contributed by atoms with Gasteiger partial charge in [-0.1, -0.05) is 31.2 Å². The van der Waals surface area contributed by atoms with Crippen LogP contribution in [-0.2, 0) is 36.8 Å². The third-order valence-electron chi connectivity index (χ3n) is 6.51. The molecule has 1 aromatic heterocycles. The van der Waals surface area contributed by atoms with E-state index in [1.165, 1.54) is 12.1 Å². The van der Waals surface area contributed by atoms with Crippen LogP contribution in [0.1, 0.15) is 54.0 Å². The predicted molar refractivity (Wildman–Crippen MR) is 134 cm³/mol. The summed E-state index contributed by atoms with van der Waals surface area (Å²) >= 11 is 0. The zero-order valence-electron chi connectivity index (χ0n) is 20.7. The number of hydrogen-bond donors (Lipinski definition) is 1. The minimum Gasteiger partial charge on any atom is -0.490 e. The van der Waals surface area contributed by atoms with Crippen LogP contribution in [0, 0.1) is 0 Å². The molecule has 0 aliphatic carbocycles. The van der Waals surface area contributed by atoms with Crippen LogP contribution in [-0.4, -0.2) is 33.7 Å². The van der Waals surface area contributed by atoms with E-state index in [0.29, 0.717) is 24.6 Å². The van der Waals surface area contributed by atoms with Crippen molar-refractivity contribution >= 4 is 11.9 Å². The lowest BCUT2D eigenvalue weighted by Gasteiger charge is -2.28. The van der Waals surface area contributed by atoms with E-state index in [-0.39, 0.29) is 12.5 Å². The highest BCUT2D eigenvalue weighted by Gasteiger charge is 2.30. The highest BCUT2D eigenvalue weighted by atomic mass is 19.4. The molecule has 1 atom stereocenters. The number of benzene rings is 2. The molecule has 6 nitrogen and oxygen atoms in total. The number of rotatable bonds is 10. The number of carbonyl (C=O) groups is 1. The molecule has 1 unspecified atom stereocenters. The topological polar surface area (TPSA) is 75.6 Å². The Hall–Kier alpha value is -3.62. The SMILES string of the molecule is CCc1cnc(N(CCCC2CCc3ccc(CC(=O)O)cc3O2)Cc2ccc(C(F)(F)F)cc2)nc1. The third kappa shape index (κ3) is 7.21. The molecular formula is C28H30F3N3O3. The predicted octanol–water partition coefficient (Wildman–Crippen LogP) is 5.87. The molecule has 0 bridgehead atoms. The molecular weight excluding hydrogens is 483 g/mol.